The van der Waals surface area contributed by atoms with Gasteiger partial charge < -0.3 is 4.84 Å². The molecule has 2 aromatic rings. The fourth-order valence-corrected chi connectivity index (χ4v) is 3.21. The molecule has 0 saturated heterocycles. The van der Waals surface area contributed by atoms with E-state index in [1.165, 1.54) is 24.2 Å². The van der Waals surface area contributed by atoms with Crippen LogP contribution in [0.2, 0.25) is 0 Å². The van der Waals surface area contributed by atoms with Crippen molar-refractivity contribution in [2.45, 2.75) is 31.3 Å². The summed E-state index contributed by atoms with van der Waals surface area (Å²) >= 11 is 1.47. The van der Waals surface area contributed by atoms with Gasteiger partial charge in [0.2, 0.25) is 6.10 Å². The Morgan fingerprint density at radius 1 is 1.27 bits per heavy atom. The summed E-state index contributed by atoms with van der Waals surface area (Å²) < 4.78 is 0. The predicted octanol–water partition coefficient (Wildman–Crippen LogP) is 3.15. The van der Waals surface area contributed by atoms with Crippen molar-refractivity contribution in [2.24, 2.45) is 5.16 Å². The number of oxime groups is 1. The molecule has 0 radical (unpaired) electrons. The normalized spacial score (nSPS) is 20.4. The van der Waals surface area contributed by atoms with Crippen LogP contribution in [0.4, 0.5) is 5.13 Å². The Hall–Kier alpha value is -2.21. The highest BCUT2D eigenvalue weighted by Gasteiger charge is 2.30. The van der Waals surface area contributed by atoms with Crippen molar-refractivity contribution in [1.82, 2.24) is 4.98 Å². The van der Waals surface area contributed by atoms with Gasteiger partial charge in [0.15, 0.2) is 5.13 Å². The molecule has 1 aliphatic carbocycles. The fourth-order valence-electron chi connectivity index (χ4n) is 2.42. The smallest absolute Gasteiger partial charge is 0.270 e. The highest BCUT2D eigenvalue weighted by atomic mass is 32.1. The third-order valence-electron chi connectivity index (χ3n) is 3.82. The van der Waals surface area contributed by atoms with Gasteiger partial charge >= 0.3 is 0 Å². The Morgan fingerprint density at radius 2 is 2.09 bits per heavy atom. The first-order chi connectivity index (χ1) is 10.8. The van der Waals surface area contributed by atoms with E-state index < -0.39 is 6.10 Å². The van der Waals surface area contributed by atoms with Crippen molar-refractivity contribution in [3.05, 3.63) is 47.0 Å². The van der Waals surface area contributed by atoms with Crippen LogP contribution in [-0.4, -0.2) is 22.7 Å². The van der Waals surface area contributed by atoms with E-state index in [0.29, 0.717) is 17.5 Å². The molecule has 6 heteroatoms. The van der Waals surface area contributed by atoms with Gasteiger partial charge in [-0.1, -0.05) is 35.5 Å². The average Bonchev–Trinajstić information content (AvgIpc) is 3.10. The molecule has 4 rings (SSSR count). The van der Waals surface area contributed by atoms with Crippen LogP contribution < -0.4 is 5.32 Å². The molecular formula is C16H15N3O2S. The summed E-state index contributed by atoms with van der Waals surface area (Å²) in [7, 11) is 0. The first kappa shape index (κ1) is 13.5. The minimum absolute atomic E-state index is 0.189. The Morgan fingerprint density at radius 3 is 2.86 bits per heavy atom. The molecule has 112 valence electrons. The van der Waals surface area contributed by atoms with Crippen LogP contribution >= 0.6 is 11.3 Å². The van der Waals surface area contributed by atoms with Gasteiger partial charge in [0.25, 0.3) is 5.91 Å². The van der Waals surface area contributed by atoms with Crippen LogP contribution in [0.25, 0.3) is 0 Å². The minimum Gasteiger partial charge on any atom is -0.382 e. The molecule has 5 nitrogen and oxygen atoms in total. The van der Waals surface area contributed by atoms with Gasteiger partial charge in [0.05, 0.1) is 11.4 Å². The third-order valence-corrected chi connectivity index (χ3v) is 4.59. The lowest BCUT2D eigenvalue weighted by Gasteiger charge is -2.06. The highest BCUT2D eigenvalue weighted by molar-refractivity contribution is 7.13. The van der Waals surface area contributed by atoms with Gasteiger partial charge in [-0.2, -0.15) is 0 Å². The molecular weight excluding hydrogens is 298 g/mol. The van der Waals surface area contributed by atoms with Gasteiger partial charge in [-0.15, -0.1) is 11.3 Å². The van der Waals surface area contributed by atoms with E-state index >= 15 is 0 Å². The molecule has 2 heterocycles. The van der Waals surface area contributed by atoms with Crippen molar-refractivity contribution in [1.29, 1.82) is 0 Å². The largest absolute Gasteiger partial charge is 0.382 e. The van der Waals surface area contributed by atoms with E-state index in [1.807, 2.05) is 35.7 Å². The predicted molar refractivity (Wildman–Crippen MR) is 85.2 cm³/mol. The number of hydrogen-bond donors (Lipinski definition) is 1. The third kappa shape index (κ3) is 2.74. The molecule has 2 aliphatic rings. The molecule has 1 aliphatic heterocycles. The van der Waals surface area contributed by atoms with Crippen LogP contribution in [0.3, 0.4) is 0 Å². The molecule has 1 unspecified atom stereocenters. The summed E-state index contributed by atoms with van der Waals surface area (Å²) in [5.41, 5.74) is 2.88. The summed E-state index contributed by atoms with van der Waals surface area (Å²) in [5, 5.41) is 9.53. The molecule has 0 spiro atoms. The quantitative estimate of drug-likeness (QED) is 0.943. The van der Waals surface area contributed by atoms with Crippen molar-refractivity contribution in [3.63, 3.8) is 0 Å². The van der Waals surface area contributed by atoms with E-state index in [9.17, 15) is 4.79 Å². The van der Waals surface area contributed by atoms with E-state index in [4.69, 9.17) is 4.84 Å². The summed E-state index contributed by atoms with van der Waals surface area (Å²) in [6, 6.07) is 9.76. The zero-order chi connectivity index (χ0) is 14.9. The van der Waals surface area contributed by atoms with Gasteiger partial charge in [0, 0.05) is 17.7 Å². The van der Waals surface area contributed by atoms with Crippen molar-refractivity contribution < 1.29 is 9.63 Å². The van der Waals surface area contributed by atoms with Gasteiger partial charge in [-0.3, -0.25) is 10.1 Å². The number of aromatic nitrogens is 1. The maximum atomic E-state index is 12.2. The van der Waals surface area contributed by atoms with Crippen LogP contribution in [-0.2, 0) is 9.63 Å². The number of thiazole rings is 1. The molecule has 1 N–H and O–H groups in total. The number of rotatable bonds is 4. The molecule has 1 aromatic heterocycles. The van der Waals surface area contributed by atoms with E-state index in [2.05, 4.69) is 15.5 Å². The summed E-state index contributed by atoms with van der Waals surface area (Å²) in [6.07, 6.45) is 2.31. The topological polar surface area (TPSA) is 63.6 Å². The number of nitrogens with zero attached hydrogens (tertiary/aromatic N) is 2. The van der Waals surface area contributed by atoms with Crippen LogP contribution in [0.5, 0.6) is 0 Å². The second-order valence-corrected chi connectivity index (χ2v) is 6.40. The molecule has 1 fully saturated rings. The molecule has 0 bridgehead atoms. The molecule has 22 heavy (non-hydrogen) atoms. The summed E-state index contributed by atoms with van der Waals surface area (Å²) in [4.78, 5) is 22.0. The number of amides is 1. The standard InChI is InChI=1S/C16H15N3O2S/c20-15(18-16-17-13(9-22-16)11-6-7-11)14-8-12(19-21-14)10-4-2-1-3-5-10/h1-5,9,11,14H,6-8H2,(H,17,18,20). The maximum absolute atomic E-state index is 12.2. The molecule has 1 saturated carbocycles. The van der Waals surface area contributed by atoms with Gasteiger partial charge in [-0.25, -0.2) is 4.98 Å². The zero-order valence-corrected chi connectivity index (χ0v) is 12.7. The second kappa shape index (κ2) is 5.53. The maximum Gasteiger partial charge on any atom is 0.270 e. The van der Waals surface area contributed by atoms with Crippen molar-refractivity contribution >= 4 is 28.1 Å². The first-order valence-corrected chi connectivity index (χ1v) is 8.22. The lowest BCUT2D eigenvalue weighted by molar-refractivity contribution is -0.125. The Bertz CT molecular complexity index is 722. The summed E-state index contributed by atoms with van der Waals surface area (Å²) in [5.74, 6) is 0.407. The van der Waals surface area contributed by atoms with E-state index in [-0.39, 0.29) is 5.91 Å². The molecule has 1 amide bonds. The molecule has 1 atom stereocenters. The first-order valence-electron chi connectivity index (χ1n) is 7.34. The number of nitrogens with one attached hydrogen (secondary N) is 1. The highest BCUT2D eigenvalue weighted by Crippen LogP contribution is 2.40. The lowest BCUT2D eigenvalue weighted by Crippen LogP contribution is -2.28. The Kier molecular flexibility index (Phi) is 3.38. The number of carbonyl (C=O) groups is 1. The van der Waals surface area contributed by atoms with Crippen LogP contribution in [0.1, 0.15) is 36.4 Å². The van der Waals surface area contributed by atoms with E-state index in [0.717, 1.165) is 17.0 Å². The van der Waals surface area contributed by atoms with Gasteiger partial charge in [0.1, 0.15) is 0 Å². The number of anilines is 1. The number of benzene rings is 1. The van der Waals surface area contributed by atoms with E-state index in [1.54, 1.807) is 0 Å². The monoisotopic (exact) mass is 313 g/mol. The van der Waals surface area contributed by atoms with Crippen LogP contribution in [0, 0.1) is 0 Å². The second-order valence-electron chi connectivity index (χ2n) is 5.54. The minimum atomic E-state index is -0.580. The SMILES string of the molecule is O=C(Nc1nc(C2CC2)cs1)C1CC(c2ccccc2)=NO1. The van der Waals surface area contributed by atoms with Crippen molar-refractivity contribution in [3.8, 4) is 0 Å². The van der Waals surface area contributed by atoms with Crippen molar-refractivity contribution in [2.75, 3.05) is 5.32 Å². The van der Waals surface area contributed by atoms with Gasteiger partial charge in [-0.05, 0) is 18.4 Å². The Balaban J connectivity index is 1.37. The lowest BCUT2D eigenvalue weighted by atomic mass is 10.1. The van der Waals surface area contributed by atoms with Crippen LogP contribution in [0.15, 0.2) is 40.9 Å². The fraction of sp³-hybridized carbons (Fsp3) is 0.312. The Labute approximate surface area is 132 Å². The molecule has 1 aromatic carbocycles. The average molecular weight is 313 g/mol. The summed E-state index contributed by atoms with van der Waals surface area (Å²) in [6.45, 7) is 0. The number of carbonyl (C=O) groups excluding carboxylic acids is 1. The zero-order valence-electron chi connectivity index (χ0n) is 11.9. The number of hydrogen-bond acceptors (Lipinski definition) is 5.